The van der Waals surface area contributed by atoms with Gasteiger partial charge >= 0.3 is 0 Å². The van der Waals surface area contributed by atoms with Gasteiger partial charge in [0.2, 0.25) is 10.0 Å². The summed E-state index contributed by atoms with van der Waals surface area (Å²) in [6.07, 6.45) is 9.47. The minimum absolute atomic E-state index is 0. The molecule has 0 unspecified atom stereocenters. The van der Waals surface area contributed by atoms with Crippen LogP contribution in [0, 0.1) is 0 Å². The molecule has 2 aliphatic rings. The van der Waals surface area contributed by atoms with Crippen LogP contribution in [0.5, 0.6) is 0 Å². The number of aliphatic imine (C=N–C) groups is 1. The summed E-state index contributed by atoms with van der Waals surface area (Å²) < 4.78 is 27.5. The van der Waals surface area contributed by atoms with Gasteiger partial charge in [0.25, 0.3) is 0 Å². The maximum absolute atomic E-state index is 12.9. The highest BCUT2D eigenvalue weighted by molar-refractivity contribution is 14.0. The monoisotopic (exact) mass is 577 g/mol. The van der Waals surface area contributed by atoms with E-state index in [1.54, 1.807) is 23.5 Å². The van der Waals surface area contributed by atoms with Gasteiger partial charge in [-0.1, -0.05) is 31.4 Å². The highest BCUT2D eigenvalue weighted by Crippen LogP contribution is 2.21. The second-order valence-corrected chi connectivity index (χ2v) is 10.5. The maximum Gasteiger partial charge on any atom is 0.243 e. The van der Waals surface area contributed by atoms with E-state index in [1.165, 1.54) is 38.8 Å². The van der Waals surface area contributed by atoms with Crippen molar-refractivity contribution in [3.05, 3.63) is 29.8 Å². The summed E-state index contributed by atoms with van der Waals surface area (Å²) in [5, 5.41) is 6.69. The molecule has 0 bridgehead atoms. The van der Waals surface area contributed by atoms with Gasteiger partial charge in [-0.2, -0.15) is 4.31 Å². The average Bonchev–Trinajstić information content (AvgIpc) is 3.08. The van der Waals surface area contributed by atoms with Gasteiger partial charge < -0.3 is 15.5 Å². The van der Waals surface area contributed by atoms with Crippen molar-refractivity contribution < 1.29 is 8.42 Å². The zero-order valence-electron chi connectivity index (χ0n) is 19.4. The lowest BCUT2D eigenvalue weighted by molar-refractivity contribution is 0.282. The number of piperidine rings is 1. The van der Waals surface area contributed by atoms with Gasteiger partial charge in [-0.05, 0) is 69.4 Å². The number of sulfonamides is 1. The SMILES string of the molecule is CN=C(NCCCN1CCCCCC1)NCc1cccc(S(=O)(=O)N2CCCCC2)c1.I. The Kier molecular flexibility index (Phi) is 12.3. The fourth-order valence-electron chi connectivity index (χ4n) is 4.35. The van der Waals surface area contributed by atoms with E-state index in [0.717, 1.165) is 50.3 Å². The summed E-state index contributed by atoms with van der Waals surface area (Å²) in [6, 6.07) is 7.26. The minimum atomic E-state index is -3.40. The lowest BCUT2D eigenvalue weighted by Crippen LogP contribution is -2.38. The molecule has 2 fully saturated rings. The molecule has 0 atom stereocenters. The van der Waals surface area contributed by atoms with E-state index in [9.17, 15) is 8.42 Å². The quantitative estimate of drug-likeness (QED) is 0.215. The predicted octanol–water partition coefficient (Wildman–Crippen LogP) is 3.41. The first-order chi connectivity index (χ1) is 15.1. The van der Waals surface area contributed by atoms with E-state index in [0.29, 0.717) is 24.5 Å². The van der Waals surface area contributed by atoms with Crippen LogP contribution in [0.1, 0.15) is 56.9 Å². The van der Waals surface area contributed by atoms with Crippen molar-refractivity contribution in [2.24, 2.45) is 4.99 Å². The Hall–Kier alpha value is -0.910. The van der Waals surface area contributed by atoms with E-state index < -0.39 is 10.0 Å². The maximum atomic E-state index is 12.9. The Labute approximate surface area is 211 Å². The lowest BCUT2D eigenvalue weighted by Gasteiger charge is -2.26. The number of halogens is 1. The zero-order chi connectivity index (χ0) is 21.9. The van der Waals surface area contributed by atoms with E-state index in [-0.39, 0.29) is 24.0 Å². The molecule has 1 aromatic carbocycles. The molecule has 2 saturated heterocycles. The van der Waals surface area contributed by atoms with Gasteiger partial charge in [0, 0.05) is 33.2 Å². The van der Waals surface area contributed by atoms with Crippen LogP contribution in [0.15, 0.2) is 34.2 Å². The molecular formula is C23H40IN5O2S. The van der Waals surface area contributed by atoms with Crippen molar-refractivity contribution in [2.75, 3.05) is 46.3 Å². The Morgan fingerprint density at radius 3 is 2.31 bits per heavy atom. The van der Waals surface area contributed by atoms with Crippen molar-refractivity contribution in [1.82, 2.24) is 19.8 Å². The number of rotatable bonds is 8. The van der Waals surface area contributed by atoms with E-state index in [4.69, 9.17) is 0 Å². The first-order valence-corrected chi connectivity index (χ1v) is 13.3. The van der Waals surface area contributed by atoms with E-state index >= 15 is 0 Å². The predicted molar refractivity (Wildman–Crippen MR) is 142 cm³/mol. The first kappa shape index (κ1) is 27.3. The van der Waals surface area contributed by atoms with Crippen LogP contribution in [0.4, 0.5) is 0 Å². The summed E-state index contributed by atoms with van der Waals surface area (Å²) in [5.74, 6) is 0.750. The molecule has 9 heteroatoms. The van der Waals surface area contributed by atoms with Gasteiger partial charge in [-0.15, -0.1) is 24.0 Å². The van der Waals surface area contributed by atoms with Gasteiger partial charge in [0.05, 0.1) is 4.90 Å². The molecule has 0 saturated carbocycles. The Morgan fingerprint density at radius 1 is 0.969 bits per heavy atom. The fraction of sp³-hybridized carbons (Fsp3) is 0.696. The molecule has 1 aromatic rings. The van der Waals surface area contributed by atoms with Crippen molar-refractivity contribution in [2.45, 2.75) is 62.8 Å². The van der Waals surface area contributed by atoms with Gasteiger partial charge in [0.1, 0.15) is 0 Å². The molecule has 2 N–H and O–H groups in total. The average molecular weight is 578 g/mol. The molecule has 3 rings (SSSR count). The minimum Gasteiger partial charge on any atom is -0.356 e. The number of likely N-dealkylation sites (tertiary alicyclic amines) is 1. The van der Waals surface area contributed by atoms with Crippen LogP contribution in [0.3, 0.4) is 0 Å². The summed E-state index contributed by atoms with van der Waals surface area (Å²) in [6.45, 7) is 6.24. The van der Waals surface area contributed by atoms with Crippen molar-refractivity contribution in [3.63, 3.8) is 0 Å². The first-order valence-electron chi connectivity index (χ1n) is 11.9. The molecule has 0 amide bonds. The summed E-state index contributed by atoms with van der Waals surface area (Å²) in [5.41, 5.74) is 0.936. The second-order valence-electron chi connectivity index (χ2n) is 8.57. The molecule has 32 heavy (non-hydrogen) atoms. The standard InChI is InChI=1S/C23H39N5O2S.HI/c1-24-23(25-13-10-16-27-14-5-2-3-6-15-27)26-20-21-11-9-12-22(19-21)31(29,30)28-17-7-4-8-18-28;/h9,11-12,19H,2-8,10,13-18,20H2,1H3,(H2,24,25,26);1H. The molecule has 2 aliphatic heterocycles. The summed E-state index contributed by atoms with van der Waals surface area (Å²) in [4.78, 5) is 7.25. The third kappa shape index (κ3) is 8.46. The van der Waals surface area contributed by atoms with Crippen molar-refractivity contribution in [1.29, 1.82) is 0 Å². The Morgan fingerprint density at radius 2 is 1.62 bits per heavy atom. The van der Waals surface area contributed by atoms with Gasteiger partial charge in [0.15, 0.2) is 5.96 Å². The second kappa shape index (κ2) is 14.4. The topological polar surface area (TPSA) is 77.0 Å². The number of hydrogen-bond acceptors (Lipinski definition) is 4. The Balaban J connectivity index is 0.00000363. The largest absolute Gasteiger partial charge is 0.356 e. The van der Waals surface area contributed by atoms with Gasteiger partial charge in [-0.3, -0.25) is 4.99 Å². The number of guanidine groups is 1. The Bertz CT molecular complexity index is 804. The van der Waals surface area contributed by atoms with Crippen LogP contribution in [-0.4, -0.2) is 69.9 Å². The van der Waals surface area contributed by atoms with E-state index in [2.05, 4.69) is 20.5 Å². The van der Waals surface area contributed by atoms with Crippen LogP contribution < -0.4 is 10.6 Å². The molecule has 2 heterocycles. The molecular weight excluding hydrogens is 537 g/mol. The van der Waals surface area contributed by atoms with Gasteiger partial charge in [-0.25, -0.2) is 8.42 Å². The van der Waals surface area contributed by atoms with Crippen LogP contribution >= 0.6 is 24.0 Å². The van der Waals surface area contributed by atoms with Crippen LogP contribution in [-0.2, 0) is 16.6 Å². The molecule has 0 radical (unpaired) electrons. The molecule has 182 valence electrons. The molecule has 0 spiro atoms. The number of benzene rings is 1. The fourth-order valence-corrected chi connectivity index (χ4v) is 5.93. The number of nitrogens with zero attached hydrogens (tertiary/aromatic N) is 3. The van der Waals surface area contributed by atoms with Crippen molar-refractivity contribution in [3.8, 4) is 0 Å². The molecule has 7 nitrogen and oxygen atoms in total. The van der Waals surface area contributed by atoms with Crippen molar-refractivity contribution >= 4 is 40.0 Å². The third-order valence-electron chi connectivity index (χ3n) is 6.18. The number of hydrogen-bond donors (Lipinski definition) is 2. The van der Waals surface area contributed by atoms with Crippen LogP contribution in [0.2, 0.25) is 0 Å². The summed E-state index contributed by atoms with van der Waals surface area (Å²) in [7, 11) is -1.64. The zero-order valence-corrected chi connectivity index (χ0v) is 22.5. The molecule has 0 aromatic heterocycles. The summed E-state index contributed by atoms with van der Waals surface area (Å²) >= 11 is 0. The number of nitrogens with one attached hydrogen (secondary N) is 2. The highest BCUT2D eigenvalue weighted by Gasteiger charge is 2.25. The smallest absolute Gasteiger partial charge is 0.243 e. The van der Waals surface area contributed by atoms with E-state index in [1.807, 2.05) is 12.1 Å². The highest BCUT2D eigenvalue weighted by atomic mass is 127. The normalized spacial score (nSPS) is 19.1. The van der Waals surface area contributed by atoms with Crippen LogP contribution in [0.25, 0.3) is 0 Å². The third-order valence-corrected chi connectivity index (χ3v) is 8.07. The lowest BCUT2D eigenvalue weighted by atomic mass is 10.2. The molecule has 0 aliphatic carbocycles.